The first-order valence-corrected chi connectivity index (χ1v) is 5.37. The average Bonchev–Trinajstić information content (AvgIpc) is 2.58. The molecule has 1 N–H and O–H groups in total. The zero-order valence-electron chi connectivity index (χ0n) is 9.28. The van der Waals surface area contributed by atoms with Gasteiger partial charge in [0.05, 0.1) is 0 Å². The van der Waals surface area contributed by atoms with Crippen molar-refractivity contribution in [1.29, 1.82) is 0 Å². The van der Waals surface area contributed by atoms with Gasteiger partial charge in [0.15, 0.2) is 0 Å². The van der Waals surface area contributed by atoms with Crippen LogP contribution in [0.4, 0.5) is 22.0 Å². The van der Waals surface area contributed by atoms with Gasteiger partial charge >= 0.3 is 12.1 Å². The van der Waals surface area contributed by atoms with E-state index >= 15 is 0 Å². The highest BCUT2D eigenvalue weighted by Gasteiger charge is 2.63. The van der Waals surface area contributed by atoms with Gasteiger partial charge in [-0.1, -0.05) is 13.3 Å². The molecule has 1 saturated carbocycles. The molecule has 100 valence electrons. The summed E-state index contributed by atoms with van der Waals surface area (Å²) in [5.74, 6) is -7.14. The number of alkyl halides is 5. The summed E-state index contributed by atoms with van der Waals surface area (Å²) in [5, 5.41) is 1.68. The lowest BCUT2D eigenvalue weighted by Gasteiger charge is -2.20. The fraction of sp³-hybridized carbons (Fsp3) is 0.900. The average molecular weight is 259 g/mol. The van der Waals surface area contributed by atoms with Crippen LogP contribution in [0.25, 0.3) is 0 Å². The predicted octanol–water partition coefficient (Wildman–Crippen LogP) is 2.74. The molecule has 1 amide bonds. The molecule has 0 saturated heterocycles. The minimum absolute atomic E-state index is 0.00187. The first-order chi connectivity index (χ1) is 7.64. The Morgan fingerprint density at radius 1 is 1.24 bits per heavy atom. The van der Waals surface area contributed by atoms with Crippen LogP contribution in [0.15, 0.2) is 0 Å². The van der Waals surface area contributed by atoms with E-state index < -0.39 is 18.0 Å². The van der Waals surface area contributed by atoms with Crippen molar-refractivity contribution in [3.63, 3.8) is 0 Å². The molecule has 0 heterocycles. The summed E-state index contributed by atoms with van der Waals surface area (Å²) in [5.41, 5.74) is 0. The Hall–Kier alpha value is -0.880. The smallest absolute Gasteiger partial charge is 0.350 e. The third kappa shape index (κ3) is 3.29. The van der Waals surface area contributed by atoms with Gasteiger partial charge in [-0.15, -0.1) is 0 Å². The molecule has 0 aromatic carbocycles. The fourth-order valence-corrected chi connectivity index (χ4v) is 1.99. The number of carbonyl (C=O) groups is 1. The van der Waals surface area contributed by atoms with Gasteiger partial charge in [0, 0.05) is 6.54 Å². The van der Waals surface area contributed by atoms with Crippen molar-refractivity contribution in [2.75, 3.05) is 6.54 Å². The van der Waals surface area contributed by atoms with Crippen LogP contribution in [0, 0.1) is 11.8 Å². The highest BCUT2D eigenvalue weighted by atomic mass is 19.4. The zero-order chi connectivity index (χ0) is 13.3. The van der Waals surface area contributed by atoms with Gasteiger partial charge < -0.3 is 5.32 Å². The van der Waals surface area contributed by atoms with E-state index in [2.05, 4.69) is 0 Å². The Morgan fingerprint density at radius 3 is 2.24 bits per heavy atom. The quantitative estimate of drug-likeness (QED) is 0.776. The molecule has 2 unspecified atom stereocenters. The van der Waals surface area contributed by atoms with Crippen molar-refractivity contribution >= 4 is 5.91 Å². The van der Waals surface area contributed by atoms with E-state index in [1.807, 2.05) is 6.92 Å². The third-order valence-corrected chi connectivity index (χ3v) is 3.00. The lowest BCUT2D eigenvalue weighted by molar-refractivity contribution is -0.269. The van der Waals surface area contributed by atoms with Crippen LogP contribution in [0.3, 0.4) is 0 Å². The zero-order valence-corrected chi connectivity index (χ0v) is 9.28. The largest absolute Gasteiger partial charge is 0.463 e. The van der Waals surface area contributed by atoms with Gasteiger partial charge in [0.1, 0.15) is 0 Å². The van der Waals surface area contributed by atoms with Gasteiger partial charge in [0.25, 0.3) is 5.91 Å². The standard InChI is InChI=1S/C10H14F5NO/c1-6-2-3-7(4-6)5-16-8(17)9(11,12)10(13,14)15/h6-7H,2-5H2,1H3,(H,16,17). The summed E-state index contributed by atoms with van der Waals surface area (Å²) >= 11 is 0. The van der Waals surface area contributed by atoms with Crippen molar-refractivity contribution in [3.05, 3.63) is 0 Å². The SMILES string of the molecule is CC1CCC(CNC(=O)C(F)(F)C(F)(F)F)C1. The Morgan fingerprint density at radius 2 is 1.82 bits per heavy atom. The molecule has 0 aromatic rings. The number of rotatable bonds is 3. The summed E-state index contributed by atoms with van der Waals surface area (Å²) < 4.78 is 60.6. The van der Waals surface area contributed by atoms with Crippen molar-refractivity contribution in [2.45, 2.75) is 38.3 Å². The Bertz CT molecular complexity index is 289. The van der Waals surface area contributed by atoms with E-state index in [1.165, 1.54) is 0 Å². The molecule has 1 aliphatic rings. The molecule has 1 fully saturated rings. The summed E-state index contributed by atoms with van der Waals surface area (Å²) in [4.78, 5) is 10.8. The summed E-state index contributed by atoms with van der Waals surface area (Å²) in [7, 11) is 0. The lowest BCUT2D eigenvalue weighted by atomic mass is 10.1. The van der Waals surface area contributed by atoms with Crippen molar-refractivity contribution in [3.8, 4) is 0 Å². The second-order valence-corrected chi connectivity index (χ2v) is 4.57. The van der Waals surface area contributed by atoms with Crippen LogP contribution in [0.1, 0.15) is 26.2 Å². The number of amides is 1. The van der Waals surface area contributed by atoms with Crippen LogP contribution in [-0.2, 0) is 4.79 Å². The maximum absolute atomic E-state index is 12.5. The highest BCUT2D eigenvalue weighted by Crippen LogP contribution is 2.36. The van der Waals surface area contributed by atoms with E-state index in [4.69, 9.17) is 0 Å². The van der Waals surface area contributed by atoms with E-state index in [9.17, 15) is 26.7 Å². The Labute approximate surface area is 95.6 Å². The predicted molar refractivity (Wildman–Crippen MR) is 50.5 cm³/mol. The summed E-state index contributed by atoms with van der Waals surface area (Å²) in [6.07, 6.45) is -3.42. The second kappa shape index (κ2) is 4.78. The van der Waals surface area contributed by atoms with Crippen LogP contribution in [0.2, 0.25) is 0 Å². The Kier molecular flexibility index (Phi) is 3.99. The molecular formula is C10H14F5NO. The van der Waals surface area contributed by atoms with Crippen molar-refractivity contribution in [2.24, 2.45) is 11.8 Å². The summed E-state index contributed by atoms with van der Waals surface area (Å²) in [6.45, 7) is 1.86. The van der Waals surface area contributed by atoms with Gasteiger partial charge in [0.2, 0.25) is 0 Å². The van der Waals surface area contributed by atoms with Crippen LogP contribution >= 0.6 is 0 Å². The molecule has 1 aliphatic carbocycles. The normalized spacial score (nSPS) is 26.0. The van der Waals surface area contributed by atoms with Crippen LogP contribution < -0.4 is 5.32 Å². The molecule has 7 heteroatoms. The van der Waals surface area contributed by atoms with Gasteiger partial charge in [-0.25, -0.2) is 0 Å². The number of hydrogen-bond acceptors (Lipinski definition) is 1. The number of nitrogens with one attached hydrogen (secondary N) is 1. The molecule has 0 radical (unpaired) electrons. The van der Waals surface area contributed by atoms with Gasteiger partial charge in [-0.3, -0.25) is 4.79 Å². The molecule has 0 aromatic heterocycles. The minimum atomic E-state index is -5.83. The molecule has 17 heavy (non-hydrogen) atoms. The maximum atomic E-state index is 12.5. The number of carbonyl (C=O) groups excluding carboxylic acids is 1. The van der Waals surface area contributed by atoms with E-state index in [0.29, 0.717) is 5.92 Å². The highest BCUT2D eigenvalue weighted by molar-refractivity contribution is 5.84. The molecule has 1 rings (SSSR count). The fourth-order valence-electron chi connectivity index (χ4n) is 1.99. The first kappa shape index (κ1) is 14.2. The van der Waals surface area contributed by atoms with Crippen molar-refractivity contribution < 1.29 is 26.7 Å². The van der Waals surface area contributed by atoms with Crippen LogP contribution in [0.5, 0.6) is 0 Å². The molecule has 2 atom stereocenters. The van der Waals surface area contributed by atoms with Crippen molar-refractivity contribution in [1.82, 2.24) is 5.32 Å². The summed E-state index contributed by atoms with van der Waals surface area (Å²) in [6, 6.07) is 0. The molecular weight excluding hydrogens is 245 g/mol. The van der Waals surface area contributed by atoms with Gasteiger partial charge in [-0.2, -0.15) is 22.0 Å². The molecule has 2 nitrogen and oxygen atoms in total. The van der Waals surface area contributed by atoms with E-state index in [0.717, 1.165) is 19.3 Å². The van der Waals surface area contributed by atoms with E-state index in [-0.39, 0.29) is 12.5 Å². The van der Waals surface area contributed by atoms with Gasteiger partial charge in [-0.05, 0) is 24.7 Å². The minimum Gasteiger partial charge on any atom is -0.350 e. The number of hydrogen-bond donors (Lipinski definition) is 1. The molecule has 0 bridgehead atoms. The number of halogens is 5. The maximum Gasteiger partial charge on any atom is 0.463 e. The third-order valence-electron chi connectivity index (χ3n) is 3.00. The lowest BCUT2D eigenvalue weighted by Crippen LogP contribution is -2.51. The van der Waals surface area contributed by atoms with E-state index in [1.54, 1.807) is 5.32 Å². The monoisotopic (exact) mass is 259 g/mol. The second-order valence-electron chi connectivity index (χ2n) is 4.57. The topological polar surface area (TPSA) is 29.1 Å². The molecule has 0 aliphatic heterocycles. The Balaban J connectivity index is 2.45. The molecule has 0 spiro atoms. The first-order valence-electron chi connectivity index (χ1n) is 5.37. The van der Waals surface area contributed by atoms with Crippen LogP contribution in [-0.4, -0.2) is 24.6 Å².